The number of nitrogens with one attached hydrogen (secondary N) is 1. The summed E-state index contributed by atoms with van der Waals surface area (Å²) in [5, 5.41) is 4.44. The van der Waals surface area contributed by atoms with Crippen molar-refractivity contribution < 1.29 is 4.79 Å². The van der Waals surface area contributed by atoms with Crippen LogP contribution in [0.25, 0.3) is 21.3 Å². The molecule has 0 atom stereocenters. The molecule has 1 aromatic carbocycles. The fraction of sp³-hybridized carbons (Fsp3) is 0.381. The highest BCUT2D eigenvalue weighted by Crippen LogP contribution is 2.40. The maximum Gasteiger partial charge on any atom is 0.224 e. The summed E-state index contributed by atoms with van der Waals surface area (Å²) in [4.78, 5) is 25.5. The highest BCUT2D eigenvalue weighted by Gasteiger charge is 2.18. The van der Waals surface area contributed by atoms with E-state index in [-0.39, 0.29) is 5.91 Å². The predicted octanol–water partition coefficient (Wildman–Crippen LogP) is 4.48. The third kappa shape index (κ3) is 3.81. The lowest BCUT2D eigenvalue weighted by molar-refractivity contribution is -0.131. The van der Waals surface area contributed by atoms with E-state index < -0.39 is 0 Å². The van der Waals surface area contributed by atoms with Crippen LogP contribution in [0.15, 0.2) is 36.7 Å². The molecule has 0 unspecified atom stereocenters. The minimum absolute atomic E-state index is 0.234. The third-order valence-electron chi connectivity index (χ3n) is 5.07. The topological polar surface area (TPSA) is 58.1 Å². The summed E-state index contributed by atoms with van der Waals surface area (Å²) in [5.74, 6) is 1.05. The molecule has 1 aliphatic heterocycles. The first-order chi connectivity index (χ1) is 13.2. The monoisotopic (exact) mass is 380 g/mol. The van der Waals surface area contributed by atoms with E-state index in [9.17, 15) is 4.79 Å². The number of nitrogens with zero attached hydrogens (tertiary/aromatic N) is 3. The molecule has 27 heavy (non-hydrogen) atoms. The maximum absolute atomic E-state index is 12.4. The van der Waals surface area contributed by atoms with Gasteiger partial charge in [-0.2, -0.15) is 0 Å². The van der Waals surface area contributed by atoms with Crippen LogP contribution in [0.4, 0.5) is 5.82 Å². The van der Waals surface area contributed by atoms with Gasteiger partial charge in [0.2, 0.25) is 5.91 Å². The predicted molar refractivity (Wildman–Crippen MR) is 111 cm³/mol. The van der Waals surface area contributed by atoms with Crippen LogP contribution in [0.3, 0.4) is 0 Å². The number of aromatic nitrogens is 2. The van der Waals surface area contributed by atoms with Crippen molar-refractivity contribution in [1.82, 2.24) is 14.9 Å². The number of piperidine rings is 1. The summed E-state index contributed by atoms with van der Waals surface area (Å²) in [7, 11) is 0. The Morgan fingerprint density at radius 1 is 1.15 bits per heavy atom. The van der Waals surface area contributed by atoms with Crippen molar-refractivity contribution in [3.05, 3.63) is 41.5 Å². The fourth-order valence-corrected chi connectivity index (χ4v) is 4.73. The van der Waals surface area contributed by atoms with Gasteiger partial charge in [0.15, 0.2) is 0 Å². The van der Waals surface area contributed by atoms with Crippen molar-refractivity contribution in [3.63, 3.8) is 0 Å². The van der Waals surface area contributed by atoms with Crippen LogP contribution >= 0.6 is 11.3 Å². The quantitative estimate of drug-likeness (QED) is 0.709. The van der Waals surface area contributed by atoms with Gasteiger partial charge in [-0.05, 0) is 31.7 Å². The minimum Gasteiger partial charge on any atom is -0.369 e. The lowest BCUT2D eigenvalue weighted by Gasteiger charge is -2.26. The van der Waals surface area contributed by atoms with E-state index in [1.807, 2.05) is 23.1 Å². The average molecular weight is 381 g/mol. The van der Waals surface area contributed by atoms with Gasteiger partial charge < -0.3 is 10.2 Å². The molecule has 0 saturated carbocycles. The second-order valence-electron chi connectivity index (χ2n) is 6.92. The molecule has 1 amide bonds. The van der Waals surface area contributed by atoms with Crippen molar-refractivity contribution in [3.8, 4) is 11.1 Å². The molecule has 3 heterocycles. The number of hydrogen-bond acceptors (Lipinski definition) is 5. The Morgan fingerprint density at radius 2 is 1.93 bits per heavy atom. The lowest BCUT2D eigenvalue weighted by Crippen LogP contribution is -2.36. The van der Waals surface area contributed by atoms with Crippen molar-refractivity contribution in [2.24, 2.45) is 0 Å². The SMILES string of the molecule is Cc1sc2ncnc(NCCC(=O)N3CCCCC3)c2c1-c1ccccc1. The number of carbonyl (C=O) groups excluding carboxylic acids is 1. The van der Waals surface area contributed by atoms with E-state index >= 15 is 0 Å². The van der Waals surface area contributed by atoms with Gasteiger partial charge in [-0.25, -0.2) is 9.97 Å². The molecule has 1 N–H and O–H groups in total. The van der Waals surface area contributed by atoms with Gasteiger partial charge >= 0.3 is 0 Å². The van der Waals surface area contributed by atoms with Gasteiger partial charge in [-0.1, -0.05) is 30.3 Å². The zero-order chi connectivity index (χ0) is 18.6. The van der Waals surface area contributed by atoms with Crippen LogP contribution < -0.4 is 5.32 Å². The number of fused-ring (bicyclic) bond motifs is 1. The number of thiophene rings is 1. The van der Waals surface area contributed by atoms with Crippen LogP contribution in [0.1, 0.15) is 30.6 Å². The first-order valence-electron chi connectivity index (χ1n) is 9.55. The molecule has 3 aromatic rings. The summed E-state index contributed by atoms with van der Waals surface area (Å²) in [6.07, 6.45) is 5.58. The Bertz CT molecular complexity index is 932. The summed E-state index contributed by atoms with van der Waals surface area (Å²) in [6, 6.07) is 10.4. The smallest absolute Gasteiger partial charge is 0.224 e. The van der Waals surface area contributed by atoms with Crippen LogP contribution in [-0.2, 0) is 4.79 Å². The molecule has 0 radical (unpaired) electrons. The van der Waals surface area contributed by atoms with Gasteiger partial charge in [0, 0.05) is 36.5 Å². The summed E-state index contributed by atoms with van der Waals surface area (Å²) in [5.41, 5.74) is 2.35. The number of rotatable bonds is 5. The number of hydrogen-bond donors (Lipinski definition) is 1. The zero-order valence-corrected chi connectivity index (χ0v) is 16.4. The highest BCUT2D eigenvalue weighted by atomic mass is 32.1. The molecule has 1 aliphatic rings. The Hall–Kier alpha value is -2.47. The molecule has 2 aromatic heterocycles. The molecule has 6 heteroatoms. The third-order valence-corrected chi connectivity index (χ3v) is 6.08. The highest BCUT2D eigenvalue weighted by molar-refractivity contribution is 7.19. The Morgan fingerprint density at radius 3 is 2.70 bits per heavy atom. The average Bonchev–Trinajstić information content (AvgIpc) is 3.06. The Labute approximate surface area is 163 Å². The lowest BCUT2D eigenvalue weighted by atomic mass is 10.0. The first-order valence-corrected chi connectivity index (χ1v) is 10.4. The van der Waals surface area contributed by atoms with E-state index in [0.717, 1.165) is 42.0 Å². The molecule has 5 nitrogen and oxygen atoms in total. The summed E-state index contributed by atoms with van der Waals surface area (Å²) in [6.45, 7) is 4.51. The number of carbonyl (C=O) groups is 1. The Balaban J connectivity index is 1.54. The molecule has 0 aliphatic carbocycles. The fourth-order valence-electron chi connectivity index (χ4n) is 3.72. The van der Waals surface area contributed by atoms with Crippen LogP contribution in [-0.4, -0.2) is 40.4 Å². The molecular formula is C21H24N4OS. The summed E-state index contributed by atoms with van der Waals surface area (Å²) >= 11 is 1.68. The number of anilines is 1. The van der Waals surface area contributed by atoms with Crippen molar-refractivity contribution in [1.29, 1.82) is 0 Å². The maximum atomic E-state index is 12.4. The first kappa shape index (κ1) is 17.9. The molecule has 0 spiro atoms. The van der Waals surface area contributed by atoms with E-state index in [2.05, 4.69) is 34.3 Å². The molecule has 0 bridgehead atoms. The molecular weight excluding hydrogens is 356 g/mol. The van der Waals surface area contributed by atoms with E-state index in [0.29, 0.717) is 13.0 Å². The van der Waals surface area contributed by atoms with Gasteiger partial charge in [0.1, 0.15) is 17.0 Å². The second kappa shape index (κ2) is 8.05. The molecule has 1 saturated heterocycles. The molecule has 140 valence electrons. The number of benzene rings is 1. The number of aryl methyl sites for hydroxylation is 1. The Kier molecular flexibility index (Phi) is 5.34. The van der Waals surface area contributed by atoms with Crippen LogP contribution in [0.5, 0.6) is 0 Å². The van der Waals surface area contributed by atoms with E-state index in [1.165, 1.54) is 22.4 Å². The van der Waals surface area contributed by atoms with E-state index in [4.69, 9.17) is 0 Å². The standard InChI is InChI=1S/C21H24N4OS/c1-15-18(16-8-4-2-5-9-16)19-20(23-14-24-21(19)27-15)22-11-10-17(26)25-12-6-3-7-13-25/h2,4-5,8-9,14H,3,6-7,10-13H2,1H3,(H,22,23,24). The number of likely N-dealkylation sites (tertiary alicyclic amines) is 1. The van der Waals surface area contributed by atoms with Crippen LogP contribution in [0.2, 0.25) is 0 Å². The van der Waals surface area contributed by atoms with E-state index in [1.54, 1.807) is 17.7 Å². The van der Waals surface area contributed by atoms with Crippen molar-refractivity contribution >= 4 is 33.3 Å². The van der Waals surface area contributed by atoms with Gasteiger partial charge in [-0.3, -0.25) is 4.79 Å². The summed E-state index contributed by atoms with van der Waals surface area (Å²) < 4.78 is 0. The second-order valence-corrected chi connectivity index (χ2v) is 8.12. The largest absolute Gasteiger partial charge is 0.369 e. The molecule has 4 rings (SSSR count). The normalized spacial score (nSPS) is 14.5. The van der Waals surface area contributed by atoms with Crippen molar-refractivity contribution in [2.45, 2.75) is 32.6 Å². The minimum atomic E-state index is 0.234. The molecule has 1 fully saturated rings. The van der Waals surface area contributed by atoms with Gasteiger partial charge in [-0.15, -0.1) is 11.3 Å². The number of amides is 1. The van der Waals surface area contributed by atoms with Gasteiger partial charge in [0.25, 0.3) is 0 Å². The van der Waals surface area contributed by atoms with Gasteiger partial charge in [0.05, 0.1) is 5.39 Å². The van der Waals surface area contributed by atoms with Crippen molar-refractivity contribution in [2.75, 3.05) is 25.0 Å². The zero-order valence-electron chi connectivity index (χ0n) is 15.6. The van der Waals surface area contributed by atoms with Crippen LogP contribution in [0, 0.1) is 6.92 Å².